The molecule has 2 heterocycles. The standard InChI is InChI=1S/C21H21N5O6/c1-25-18-12(20(28)26(2)21(25)29)6-7-13(23-18)19(27)24-14(10-22)11-8-15(30-3)17(32-5)16(9-11)31-4/h6-9,14H,1-5H3,(H,24,27). The van der Waals surface area contributed by atoms with Gasteiger partial charge in [-0.3, -0.25) is 18.7 Å². The fraction of sp³-hybridized carbons (Fsp3) is 0.286. The van der Waals surface area contributed by atoms with Gasteiger partial charge in [-0.2, -0.15) is 5.26 Å². The summed E-state index contributed by atoms with van der Waals surface area (Å²) in [4.78, 5) is 41.5. The first-order valence-corrected chi connectivity index (χ1v) is 9.34. The maximum absolute atomic E-state index is 12.8. The smallest absolute Gasteiger partial charge is 0.332 e. The largest absolute Gasteiger partial charge is 0.493 e. The van der Waals surface area contributed by atoms with Crippen LogP contribution in [0.4, 0.5) is 0 Å². The number of amides is 1. The summed E-state index contributed by atoms with van der Waals surface area (Å²) in [6.45, 7) is 0. The molecule has 11 nitrogen and oxygen atoms in total. The Morgan fingerprint density at radius 1 is 1.06 bits per heavy atom. The molecular formula is C21H21N5O6. The number of pyridine rings is 1. The molecule has 0 saturated carbocycles. The van der Waals surface area contributed by atoms with E-state index >= 15 is 0 Å². The van der Waals surface area contributed by atoms with Crippen LogP contribution in [0, 0.1) is 11.3 Å². The average molecular weight is 439 g/mol. The van der Waals surface area contributed by atoms with Crippen molar-refractivity contribution in [2.24, 2.45) is 14.1 Å². The maximum atomic E-state index is 12.8. The SMILES string of the molecule is COc1cc(C(C#N)NC(=O)c2ccc3c(=O)n(C)c(=O)n(C)c3n2)cc(OC)c1OC. The van der Waals surface area contributed by atoms with Crippen molar-refractivity contribution >= 4 is 16.9 Å². The van der Waals surface area contributed by atoms with E-state index in [4.69, 9.17) is 14.2 Å². The second-order valence-electron chi connectivity index (χ2n) is 6.77. The molecular weight excluding hydrogens is 418 g/mol. The summed E-state index contributed by atoms with van der Waals surface area (Å²) in [7, 11) is 7.14. The van der Waals surface area contributed by atoms with Crippen LogP contribution in [0.15, 0.2) is 33.9 Å². The Kier molecular flexibility index (Phi) is 6.15. The van der Waals surface area contributed by atoms with E-state index in [0.29, 0.717) is 22.8 Å². The highest BCUT2D eigenvalue weighted by Crippen LogP contribution is 2.39. The first kappa shape index (κ1) is 22.4. The molecule has 0 aliphatic rings. The molecule has 0 bridgehead atoms. The monoisotopic (exact) mass is 439 g/mol. The Balaban J connectivity index is 2.01. The predicted molar refractivity (Wildman–Crippen MR) is 114 cm³/mol. The van der Waals surface area contributed by atoms with Gasteiger partial charge in [-0.05, 0) is 29.8 Å². The Labute approximate surface area is 182 Å². The van der Waals surface area contributed by atoms with Crippen molar-refractivity contribution in [3.05, 3.63) is 56.4 Å². The molecule has 1 amide bonds. The molecule has 3 aromatic rings. The van der Waals surface area contributed by atoms with Crippen LogP contribution in [-0.2, 0) is 14.1 Å². The molecule has 1 unspecified atom stereocenters. The normalized spacial score (nSPS) is 11.5. The zero-order valence-electron chi connectivity index (χ0n) is 18.1. The van der Waals surface area contributed by atoms with E-state index in [0.717, 1.165) is 4.57 Å². The molecule has 0 saturated heterocycles. The number of nitrogens with zero attached hydrogens (tertiary/aromatic N) is 4. The summed E-state index contributed by atoms with van der Waals surface area (Å²) in [6, 6.07) is 6.82. The molecule has 2 aromatic heterocycles. The van der Waals surface area contributed by atoms with Gasteiger partial charge >= 0.3 is 5.69 Å². The second kappa shape index (κ2) is 8.81. The number of rotatable bonds is 6. The lowest BCUT2D eigenvalue weighted by Crippen LogP contribution is -2.37. The molecule has 1 N–H and O–H groups in total. The quantitative estimate of drug-likeness (QED) is 0.591. The number of nitrogens with one attached hydrogen (secondary N) is 1. The van der Waals surface area contributed by atoms with Crippen LogP contribution in [0.1, 0.15) is 22.1 Å². The maximum Gasteiger partial charge on any atom is 0.332 e. The Hall–Kier alpha value is -4.33. The van der Waals surface area contributed by atoms with Crippen molar-refractivity contribution < 1.29 is 19.0 Å². The fourth-order valence-corrected chi connectivity index (χ4v) is 3.24. The third-order valence-corrected chi connectivity index (χ3v) is 4.96. The van der Waals surface area contributed by atoms with Gasteiger partial charge in [0.05, 0.1) is 32.8 Å². The Morgan fingerprint density at radius 2 is 1.69 bits per heavy atom. The highest BCUT2D eigenvalue weighted by molar-refractivity contribution is 5.94. The number of nitriles is 1. The average Bonchev–Trinajstić information content (AvgIpc) is 2.82. The molecule has 1 atom stereocenters. The summed E-state index contributed by atoms with van der Waals surface area (Å²) in [5, 5.41) is 12.4. The molecule has 0 spiro atoms. The number of aromatic nitrogens is 3. The van der Waals surface area contributed by atoms with Crippen LogP contribution in [-0.4, -0.2) is 41.4 Å². The fourth-order valence-electron chi connectivity index (χ4n) is 3.24. The van der Waals surface area contributed by atoms with Crippen LogP contribution >= 0.6 is 0 Å². The van der Waals surface area contributed by atoms with Crippen molar-refractivity contribution in [1.29, 1.82) is 5.26 Å². The van der Waals surface area contributed by atoms with Gasteiger partial charge < -0.3 is 19.5 Å². The van der Waals surface area contributed by atoms with E-state index in [2.05, 4.69) is 10.3 Å². The Morgan fingerprint density at radius 3 is 2.22 bits per heavy atom. The van der Waals surface area contributed by atoms with E-state index in [1.54, 1.807) is 12.1 Å². The molecule has 3 rings (SSSR count). The molecule has 166 valence electrons. The van der Waals surface area contributed by atoms with E-state index in [9.17, 15) is 19.6 Å². The van der Waals surface area contributed by atoms with E-state index < -0.39 is 23.2 Å². The molecule has 0 fully saturated rings. The third kappa shape index (κ3) is 3.74. The summed E-state index contributed by atoms with van der Waals surface area (Å²) in [5.74, 6) is 0.331. The number of ether oxygens (including phenoxy) is 3. The lowest BCUT2D eigenvalue weighted by Gasteiger charge is -2.17. The van der Waals surface area contributed by atoms with Crippen molar-refractivity contribution in [3.8, 4) is 23.3 Å². The summed E-state index contributed by atoms with van der Waals surface area (Å²) >= 11 is 0. The number of carbonyl (C=O) groups is 1. The number of carbonyl (C=O) groups excluding carboxylic acids is 1. The highest BCUT2D eigenvalue weighted by Gasteiger charge is 2.22. The summed E-state index contributed by atoms with van der Waals surface area (Å²) in [6.07, 6.45) is 0. The van der Waals surface area contributed by atoms with Gasteiger partial charge in [-0.1, -0.05) is 0 Å². The van der Waals surface area contributed by atoms with Gasteiger partial charge in [0.15, 0.2) is 11.5 Å². The number of methoxy groups -OCH3 is 3. The second-order valence-corrected chi connectivity index (χ2v) is 6.77. The lowest BCUT2D eigenvalue weighted by atomic mass is 10.1. The van der Waals surface area contributed by atoms with Crippen molar-refractivity contribution in [2.45, 2.75) is 6.04 Å². The molecule has 32 heavy (non-hydrogen) atoms. The summed E-state index contributed by atoms with van der Waals surface area (Å²) in [5.41, 5.74) is -0.687. The molecule has 0 aliphatic carbocycles. The van der Waals surface area contributed by atoms with Gasteiger partial charge in [0, 0.05) is 14.1 Å². The first-order chi connectivity index (χ1) is 15.3. The minimum Gasteiger partial charge on any atom is -0.493 e. The number of aryl methyl sites for hydroxylation is 1. The van der Waals surface area contributed by atoms with Crippen LogP contribution in [0.5, 0.6) is 17.2 Å². The third-order valence-electron chi connectivity index (χ3n) is 4.96. The number of fused-ring (bicyclic) bond motifs is 1. The Bertz CT molecular complexity index is 1340. The van der Waals surface area contributed by atoms with Gasteiger partial charge in [-0.15, -0.1) is 0 Å². The van der Waals surface area contributed by atoms with Crippen LogP contribution in [0.2, 0.25) is 0 Å². The van der Waals surface area contributed by atoms with E-state index in [-0.39, 0.29) is 16.7 Å². The molecule has 0 aliphatic heterocycles. The minimum absolute atomic E-state index is 0.0616. The zero-order chi connectivity index (χ0) is 23.6. The van der Waals surface area contributed by atoms with E-state index in [1.807, 2.05) is 6.07 Å². The number of benzene rings is 1. The van der Waals surface area contributed by atoms with Crippen LogP contribution in [0.25, 0.3) is 11.0 Å². The van der Waals surface area contributed by atoms with E-state index in [1.165, 1.54) is 52.1 Å². The van der Waals surface area contributed by atoms with Gasteiger partial charge in [0.2, 0.25) is 5.75 Å². The molecule has 11 heteroatoms. The first-order valence-electron chi connectivity index (χ1n) is 9.34. The molecule has 1 aromatic carbocycles. The van der Waals surface area contributed by atoms with Gasteiger partial charge in [-0.25, -0.2) is 9.78 Å². The van der Waals surface area contributed by atoms with Gasteiger partial charge in [0.1, 0.15) is 17.4 Å². The predicted octanol–water partition coefficient (Wildman–Crippen LogP) is 0.653. The minimum atomic E-state index is -1.07. The van der Waals surface area contributed by atoms with Crippen LogP contribution in [0.3, 0.4) is 0 Å². The topological polar surface area (TPSA) is 137 Å². The van der Waals surface area contributed by atoms with Crippen LogP contribution < -0.4 is 30.8 Å². The van der Waals surface area contributed by atoms with Crippen molar-refractivity contribution in [3.63, 3.8) is 0 Å². The lowest BCUT2D eigenvalue weighted by molar-refractivity contribution is 0.0940. The van der Waals surface area contributed by atoms with Crippen molar-refractivity contribution in [1.82, 2.24) is 19.4 Å². The summed E-state index contributed by atoms with van der Waals surface area (Å²) < 4.78 is 18.0. The molecule has 0 radical (unpaired) electrons. The number of hydrogen-bond acceptors (Lipinski definition) is 8. The van der Waals surface area contributed by atoms with Crippen molar-refractivity contribution in [2.75, 3.05) is 21.3 Å². The van der Waals surface area contributed by atoms with Gasteiger partial charge in [0.25, 0.3) is 11.5 Å². The zero-order valence-corrected chi connectivity index (χ0v) is 18.1. The highest BCUT2D eigenvalue weighted by atomic mass is 16.5. The number of hydrogen-bond donors (Lipinski definition) is 1.